The molecule has 0 aliphatic rings. The molecule has 1 heterocycles. The van der Waals surface area contributed by atoms with E-state index in [1.54, 1.807) is 0 Å². The highest BCUT2D eigenvalue weighted by Crippen LogP contribution is 2.34. The zero-order valence-electron chi connectivity index (χ0n) is 13.8. The molecule has 0 saturated carbocycles. The first-order valence-corrected chi connectivity index (χ1v) is 9.45. The van der Waals surface area contributed by atoms with E-state index in [4.69, 9.17) is 0 Å². The van der Waals surface area contributed by atoms with Crippen LogP contribution in [0.25, 0.3) is 22.4 Å². The van der Waals surface area contributed by atoms with Gasteiger partial charge in [-0.15, -0.1) is 0 Å². The molecule has 1 aromatic heterocycles. The van der Waals surface area contributed by atoms with E-state index in [1.807, 2.05) is 0 Å². The molecule has 3 rings (SSSR count). The van der Waals surface area contributed by atoms with Crippen molar-refractivity contribution < 1.29 is 26.0 Å². The second kappa shape index (κ2) is 6.73. The number of sulfone groups is 1. The number of hydrogen-bond acceptors (Lipinski definition) is 4. The maximum atomic E-state index is 13.2. The lowest BCUT2D eigenvalue weighted by Gasteiger charge is -2.12. The van der Waals surface area contributed by atoms with Crippen molar-refractivity contribution in [3.8, 4) is 22.4 Å². The summed E-state index contributed by atoms with van der Waals surface area (Å²) in [6.45, 7) is 0. The summed E-state index contributed by atoms with van der Waals surface area (Å²) >= 11 is 0. The predicted molar refractivity (Wildman–Crippen MR) is 91.0 cm³/mol. The highest BCUT2D eigenvalue weighted by atomic mass is 32.2. The van der Waals surface area contributed by atoms with Crippen LogP contribution in [-0.4, -0.2) is 24.6 Å². The average molecular weight is 396 g/mol. The zero-order valence-corrected chi connectivity index (χ0v) is 14.6. The van der Waals surface area contributed by atoms with E-state index >= 15 is 0 Å². The van der Waals surface area contributed by atoms with E-state index < -0.39 is 27.7 Å². The maximum Gasteiger partial charge on any atom is 0.451 e. The van der Waals surface area contributed by atoms with Gasteiger partial charge in [0.2, 0.25) is 5.82 Å². The summed E-state index contributed by atoms with van der Waals surface area (Å²) in [7, 11) is -3.45. The Hall–Kier alpha value is -2.81. The fraction of sp³-hybridized carbons (Fsp3) is 0.111. The zero-order chi connectivity index (χ0) is 19.8. The van der Waals surface area contributed by atoms with Gasteiger partial charge in [0.15, 0.2) is 9.84 Å². The van der Waals surface area contributed by atoms with E-state index in [2.05, 4.69) is 9.97 Å². The van der Waals surface area contributed by atoms with E-state index in [9.17, 15) is 26.0 Å². The third-order valence-electron chi connectivity index (χ3n) is 3.75. The van der Waals surface area contributed by atoms with Crippen LogP contribution >= 0.6 is 0 Å². The quantitative estimate of drug-likeness (QED) is 0.617. The highest BCUT2D eigenvalue weighted by molar-refractivity contribution is 7.90. The third kappa shape index (κ3) is 4.13. The van der Waals surface area contributed by atoms with Crippen LogP contribution in [0, 0.1) is 5.82 Å². The van der Waals surface area contributed by atoms with Crippen molar-refractivity contribution in [1.29, 1.82) is 0 Å². The Kier molecular flexibility index (Phi) is 4.73. The number of rotatable bonds is 3. The van der Waals surface area contributed by atoms with Crippen molar-refractivity contribution in [3.05, 3.63) is 66.4 Å². The van der Waals surface area contributed by atoms with Gasteiger partial charge in [-0.3, -0.25) is 0 Å². The molecule has 0 N–H and O–H groups in total. The molecule has 0 aliphatic heterocycles. The van der Waals surface area contributed by atoms with Gasteiger partial charge >= 0.3 is 6.18 Å². The molecule has 0 amide bonds. The Morgan fingerprint density at radius 1 is 0.889 bits per heavy atom. The Labute approximate surface area is 152 Å². The monoisotopic (exact) mass is 396 g/mol. The third-order valence-corrected chi connectivity index (χ3v) is 4.88. The van der Waals surface area contributed by atoms with Crippen molar-refractivity contribution in [3.63, 3.8) is 0 Å². The van der Waals surface area contributed by atoms with Crippen LogP contribution in [0.3, 0.4) is 0 Å². The lowest BCUT2D eigenvalue weighted by atomic mass is 10.0. The minimum Gasteiger partial charge on any atom is -0.232 e. The Morgan fingerprint density at radius 3 is 1.96 bits per heavy atom. The van der Waals surface area contributed by atoms with Crippen LogP contribution in [0.2, 0.25) is 0 Å². The average Bonchev–Trinajstić information content (AvgIpc) is 2.60. The van der Waals surface area contributed by atoms with E-state index in [0.717, 1.165) is 12.5 Å². The van der Waals surface area contributed by atoms with Crippen molar-refractivity contribution in [2.45, 2.75) is 11.1 Å². The van der Waals surface area contributed by atoms with E-state index in [1.165, 1.54) is 48.5 Å². The van der Waals surface area contributed by atoms with E-state index in [0.29, 0.717) is 5.56 Å². The molecular weight excluding hydrogens is 384 g/mol. The molecule has 0 unspecified atom stereocenters. The van der Waals surface area contributed by atoms with Gasteiger partial charge in [-0.2, -0.15) is 13.2 Å². The fourth-order valence-corrected chi connectivity index (χ4v) is 3.07. The maximum absolute atomic E-state index is 13.2. The SMILES string of the molecule is CS(=O)(=O)c1ccc(-c2nc(C(F)(F)F)ncc2-c2ccc(F)cc2)cc1. The largest absolute Gasteiger partial charge is 0.451 e. The minimum atomic E-state index is -4.75. The minimum absolute atomic E-state index is 0.0275. The van der Waals surface area contributed by atoms with Gasteiger partial charge in [0.05, 0.1) is 10.6 Å². The lowest BCUT2D eigenvalue weighted by Crippen LogP contribution is -2.12. The molecule has 3 aromatic rings. The molecule has 27 heavy (non-hydrogen) atoms. The number of nitrogens with zero attached hydrogens (tertiary/aromatic N) is 2. The molecular formula is C18H12F4N2O2S. The Balaban J connectivity index is 2.20. The molecule has 0 spiro atoms. The smallest absolute Gasteiger partial charge is 0.232 e. The van der Waals surface area contributed by atoms with Gasteiger partial charge in [0, 0.05) is 23.6 Å². The topological polar surface area (TPSA) is 59.9 Å². The molecule has 0 atom stereocenters. The van der Waals surface area contributed by atoms with Crippen LogP contribution in [0.4, 0.5) is 17.6 Å². The highest BCUT2D eigenvalue weighted by Gasteiger charge is 2.35. The van der Waals surface area contributed by atoms with Crippen LogP contribution in [0.5, 0.6) is 0 Å². The number of aromatic nitrogens is 2. The first-order valence-electron chi connectivity index (χ1n) is 7.56. The number of hydrogen-bond donors (Lipinski definition) is 0. The van der Waals surface area contributed by atoms with Crippen molar-refractivity contribution in [1.82, 2.24) is 9.97 Å². The number of benzene rings is 2. The van der Waals surface area contributed by atoms with E-state index in [-0.39, 0.29) is 21.7 Å². The molecule has 140 valence electrons. The second-order valence-corrected chi connectivity index (χ2v) is 7.77. The predicted octanol–water partition coefficient (Wildman–Crippen LogP) is 4.37. The molecule has 2 aromatic carbocycles. The summed E-state index contributed by atoms with van der Waals surface area (Å²) < 4.78 is 75.4. The van der Waals surface area contributed by atoms with Crippen LogP contribution in [-0.2, 0) is 16.0 Å². The van der Waals surface area contributed by atoms with Crippen molar-refractivity contribution >= 4 is 9.84 Å². The molecule has 0 fully saturated rings. The molecule has 9 heteroatoms. The number of halogens is 4. The standard InChI is InChI=1S/C18H12F4N2O2S/c1-27(25,26)14-8-4-12(5-9-14)16-15(11-2-6-13(19)7-3-11)10-23-17(24-16)18(20,21)22/h2-10H,1H3. The molecule has 0 bridgehead atoms. The Morgan fingerprint density at radius 2 is 1.44 bits per heavy atom. The first kappa shape index (κ1) is 19.0. The number of alkyl halides is 3. The van der Waals surface area contributed by atoms with Gasteiger partial charge in [-0.1, -0.05) is 24.3 Å². The molecule has 0 radical (unpaired) electrons. The fourth-order valence-electron chi connectivity index (χ4n) is 2.44. The molecule has 0 aliphatic carbocycles. The van der Waals surface area contributed by atoms with Gasteiger partial charge < -0.3 is 0 Å². The van der Waals surface area contributed by atoms with Crippen molar-refractivity contribution in [2.75, 3.05) is 6.26 Å². The summed E-state index contributed by atoms with van der Waals surface area (Å²) in [5, 5.41) is 0. The van der Waals surface area contributed by atoms with Crippen LogP contribution in [0.1, 0.15) is 5.82 Å². The lowest BCUT2D eigenvalue weighted by molar-refractivity contribution is -0.144. The van der Waals surface area contributed by atoms with Gasteiger partial charge in [0.1, 0.15) is 5.82 Å². The summed E-state index contributed by atoms with van der Waals surface area (Å²) in [5.74, 6) is -1.82. The summed E-state index contributed by atoms with van der Waals surface area (Å²) in [4.78, 5) is 7.02. The molecule has 0 saturated heterocycles. The second-order valence-electron chi connectivity index (χ2n) is 5.76. The summed E-state index contributed by atoms with van der Waals surface area (Å²) in [6.07, 6.45) is -2.70. The first-order chi connectivity index (χ1) is 12.6. The van der Waals surface area contributed by atoms with Crippen LogP contribution < -0.4 is 0 Å². The summed E-state index contributed by atoms with van der Waals surface area (Å²) in [6, 6.07) is 10.4. The van der Waals surface area contributed by atoms with Crippen LogP contribution in [0.15, 0.2) is 59.6 Å². The molecule has 4 nitrogen and oxygen atoms in total. The normalized spacial score (nSPS) is 12.2. The summed E-state index contributed by atoms with van der Waals surface area (Å²) in [5.41, 5.74) is 0.918. The van der Waals surface area contributed by atoms with Gasteiger partial charge in [-0.25, -0.2) is 22.8 Å². The Bertz CT molecular complexity index is 1080. The van der Waals surface area contributed by atoms with Gasteiger partial charge in [-0.05, 0) is 29.8 Å². The van der Waals surface area contributed by atoms with Gasteiger partial charge in [0.25, 0.3) is 0 Å². The van der Waals surface area contributed by atoms with Crippen molar-refractivity contribution in [2.24, 2.45) is 0 Å².